The first-order valence-corrected chi connectivity index (χ1v) is 16.9. The fraction of sp³-hybridized carbons (Fsp3) is 0.767. The summed E-state index contributed by atoms with van der Waals surface area (Å²) in [5.74, 6) is 2.99. The summed E-state index contributed by atoms with van der Waals surface area (Å²) in [6.07, 6.45) is 11.1. The van der Waals surface area contributed by atoms with E-state index in [-0.39, 0.29) is 33.3 Å². The molecule has 0 radical (unpaired) electrons. The van der Waals surface area contributed by atoms with E-state index in [0.29, 0.717) is 34.6 Å². The van der Waals surface area contributed by atoms with Gasteiger partial charge in [0.25, 0.3) is 0 Å². The molecule has 0 aliphatic heterocycles. The van der Waals surface area contributed by atoms with Gasteiger partial charge >= 0.3 is 5.97 Å². The lowest BCUT2D eigenvalue weighted by molar-refractivity contribution is -0.137. The Balaban J connectivity index is 1.16. The number of halogens is 1. The average molecular weight is 592 g/mol. The number of hydrogen-bond donors (Lipinski definition) is 2. The quantitative estimate of drug-likeness (QED) is 0.368. The summed E-state index contributed by atoms with van der Waals surface area (Å²) in [5.41, 5.74) is 1.07. The van der Waals surface area contributed by atoms with Gasteiger partial charge in [0.15, 0.2) is 5.52 Å². The zero-order valence-electron chi connectivity index (χ0n) is 23.7. The molecule has 1 heterocycles. The summed E-state index contributed by atoms with van der Waals surface area (Å²) in [4.78, 5) is 11.2. The lowest BCUT2D eigenvalue weighted by Crippen LogP contribution is -2.55. The van der Waals surface area contributed by atoms with E-state index in [2.05, 4.69) is 35.8 Å². The minimum atomic E-state index is -3.89. The molecule has 9 atom stereocenters. The minimum absolute atomic E-state index is 0.0510. The maximum atomic E-state index is 13.5. The highest BCUT2D eigenvalue weighted by Gasteiger charge is 2.60. The van der Waals surface area contributed by atoms with Crippen molar-refractivity contribution in [2.45, 2.75) is 102 Å². The number of carbonyl (C=O) groups is 1. The van der Waals surface area contributed by atoms with E-state index in [0.717, 1.165) is 43.9 Å². The van der Waals surface area contributed by atoms with E-state index in [4.69, 9.17) is 16.2 Å². The Hall–Kier alpha value is -1.71. The number of carboxylic acid groups (broad SMARTS) is 1. The molecule has 1 aromatic heterocycles. The highest BCUT2D eigenvalue weighted by Crippen LogP contribution is 2.68. The monoisotopic (exact) mass is 591 g/mol. The third-order valence-corrected chi connectivity index (χ3v) is 14.2. The van der Waals surface area contributed by atoms with Crippen LogP contribution in [0.1, 0.15) is 91.4 Å². The molecule has 1 aromatic carbocycles. The molecule has 0 bridgehead atoms. The van der Waals surface area contributed by atoms with Crippen LogP contribution in [0.5, 0.6) is 0 Å². The summed E-state index contributed by atoms with van der Waals surface area (Å²) in [6, 6.07) is 3.00. The Morgan fingerprint density at radius 3 is 2.62 bits per heavy atom. The summed E-state index contributed by atoms with van der Waals surface area (Å²) in [5, 5.41) is 16.9. The van der Waals surface area contributed by atoms with Crippen molar-refractivity contribution in [2.75, 3.05) is 0 Å². The van der Waals surface area contributed by atoms with Crippen LogP contribution in [0.15, 0.2) is 21.7 Å². The third-order valence-electron chi connectivity index (χ3n) is 12.2. The molecule has 4 aliphatic rings. The molecule has 2 N–H and O–H groups in total. The molecule has 6 rings (SSSR count). The lowest BCUT2D eigenvalue weighted by atomic mass is 9.44. The fourth-order valence-corrected chi connectivity index (χ4v) is 12.2. The van der Waals surface area contributed by atoms with Gasteiger partial charge in [-0.05, 0) is 133 Å². The van der Waals surface area contributed by atoms with Crippen LogP contribution >= 0.6 is 11.6 Å². The second-order valence-corrected chi connectivity index (χ2v) is 16.0. The Bertz CT molecular complexity index is 1400. The van der Waals surface area contributed by atoms with Gasteiger partial charge < -0.3 is 5.11 Å². The smallest absolute Gasteiger partial charge is 0.303 e. The molecule has 4 aliphatic carbocycles. The summed E-state index contributed by atoms with van der Waals surface area (Å²) < 4.78 is 34.7. The predicted octanol–water partition coefficient (Wildman–Crippen LogP) is 6.68. The molecule has 2 aromatic rings. The molecule has 40 heavy (non-hydrogen) atoms. The number of aliphatic carboxylic acids is 1. The summed E-state index contributed by atoms with van der Waals surface area (Å²) in [7, 11) is -3.89. The molecule has 5 unspecified atom stereocenters. The molecule has 4 saturated carbocycles. The van der Waals surface area contributed by atoms with Crippen molar-refractivity contribution in [1.29, 1.82) is 0 Å². The second-order valence-electron chi connectivity index (χ2n) is 13.9. The number of benzene rings is 1. The van der Waals surface area contributed by atoms with Gasteiger partial charge in [-0.1, -0.05) is 32.4 Å². The lowest BCUT2D eigenvalue weighted by Gasteiger charge is -2.61. The summed E-state index contributed by atoms with van der Waals surface area (Å²) >= 11 is 6.33. The topological polar surface area (TPSA) is 122 Å². The van der Waals surface area contributed by atoms with Crippen molar-refractivity contribution in [1.82, 2.24) is 15.0 Å². The van der Waals surface area contributed by atoms with Crippen LogP contribution in [0.4, 0.5) is 0 Å². The van der Waals surface area contributed by atoms with Gasteiger partial charge in [-0.15, -0.1) is 0 Å². The maximum absolute atomic E-state index is 13.5. The fourth-order valence-electron chi connectivity index (χ4n) is 10.2. The average Bonchev–Trinajstić information content (AvgIpc) is 3.51. The van der Waals surface area contributed by atoms with E-state index in [1.807, 2.05) is 0 Å². The van der Waals surface area contributed by atoms with E-state index >= 15 is 0 Å². The number of aromatic nitrogens is 2. The molecule has 4 fully saturated rings. The van der Waals surface area contributed by atoms with Gasteiger partial charge in [0, 0.05) is 12.5 Å². The van der Waals surface area contributed by atoms with E-state index in [1.54, 1.807) is 6.07 Å². The molecule has 0 spiro atoms. The largest absolute Gasteiger partial charge is 0.481 e. The standard InChI is InChI=1S/C30H42ClN3O5S/c1-17(4-11-26(35)36)21-7-8-22-20-6-5-18-16-19(12-14-29(18,2)23(20)13-15-30(21,22)3)34-40(37,38)28-24(31)9-10-25-27(28)33-39-32-25/h9-10,17-23,34H,4-8,11-16H2,1-3H3,(H,35,36)/t17?,18-,19-,20?,21?,22?,23?,29+,30-/m1/s1. The Morgan fingerprint density at radius 1 is 1.10 bits per heavy atom. The maximum Gasteiger partial charge on any atom is 0.303 e. The van der Waals surface area contributed by atoms with E-state index < -0.39 is 16.0 Å². The third kappa shape index (κ3) is 4.58. The Morgan fingerprint density at radius 2 is 1.85 bits per heavy atom. The van der Waals surface area contributed by atoms with Gasteiger partial charge in [0.05, 0.1) is 5.02 Å². The normalized spacial score (nSPS) is 38.4. The molecule has 0 saturated heterocycles. The molecule has 10 heteroatoms. The van der Waals surface area contributed by atoms with Gasteiger partial charge in [-0.3, -0.25) is 4.79 Å². The van der Waals surface area contributed by atoms with Crippen LogP contribution < -0.4 is 4.72 Å². The van der Waals surface area contributed by atoms with Crippen molar-refractivity contribution in [2.24, 2.45) is 46.3 Å². The number of nitrogens with one attached hydrogen (secondary N) is 1. The highest BCUT2D eigenvalue weighted by molar-refractivity contribution is 7.89. The molecule has 220 valence electrons. The Labute approximate surface area is 242 Å². The first-order valence-electron chi connectivity index (χ1n) is 15.1. The summed E-state index contributed by atoms with van der Waals surface area (Å²) in [6.45, 7) is 7.28. The number of nitrogens with zero attached hydrogens (tertiary/aromatic N) is 2. The number of fused-ring (bicyclic) bond motifs is 6. The van der Waals surface area contributed by atoms with E-state index in [9.17, 15) is 18.3 Å². The SMILES string of the molecule is CC(CCC(=O)O)C1CCC2C3CC[C@@H]4C[C@H](NS(=O)(=O)c5c(Cl)ccc6nonc56)CC[C@]4(C)C3CC[C@]12C. The number of carboxylic acids is 1. The Kier molecular flexibility index (Phi) is 7.27. The van der Waals surface area contributed by atoms with Crippen LogP contribution in [0.2, 0.25) is 5.02 Å². The van der Waals surface area contributed by atoms with E-state index in [1.165, 1.54) is 38.2 Å². The van der Waals surface area contributed by atoms with Gasteiger partial charge in [0.1, 0.15) is 10.4 Å². The molecule has 8 nitrogen and oxygen atoms in total. The van der Waals surface area contributed by atoms with Crippen LogP contribution in [0, 0.1) is 46.3 Å². The zero-order chi connectivity index (χ0) is 28.4. The molecular formula is C30H42ClN3O5S. The molecule has 0 amide bonds. The van der Waals surface area contributed by atoms with Crippen LogP contribution in [0.25, 0.3) is 11.0 Å². The van der Waals surface area contributed by atoms with Crippen molar-refractivity contribution in [3.05, 3.63) is 17.2 Å². The van der Waals surface area contributed by atoms with Crippen LogP contribution in [-0.4, -0.2) is 35.8 Å². The van der Waals surface area contributed by atoms with Crippen LogP contribution in [0.3, 0.4) is 0 Å². The van der Waals surface area contributed by atoms with Crippen molar-refractivity contribution >= 4 is 38.6 Å². The first kappa shape index (κ1) is 28.4. The van der Waals surface area contributed by atoms with Gasteiger partial charge in [-0.25, -0.2) is 17.8 Å². The second kappa shape index (κ2) is 10.2. The molecular weight excluding hydrogens is 550 g/mol. The zero-order valence-corrected chi connectivity index (χ0v) is 25.3. The highest BCUT2D eigenvalue weighted by atomic mass is 35.5. The minimum Gasteiger partial charge on any atom is -0.481 e. The van der Waals surface area contributed by atoms with Gasteiger partial charge in [0.2, 0.25) is 10.0 Å². The van der Waals surface area contributed by atoms with Crippen molar-refractivity contribution in [3.63, 3.8) is 0 Å². The first-order chi connectivity index (χ1) is 18.9. The number of hydrogen-bond acceptors (Lipinski definition) is 6. The number of rotatable bonds is 7. The number of sulfonamides is 1. The van der Waals surface area contributed by atoms with Gasteiger partial charge in [-0.2, -0.15) is 0 Å². The van der Waals surface area contributed by atoms with Crippen molar-refractivity contribution < 1.29 is 22.9 Å². The van der Waals surface area contributed by atoms with Crippen molar-refractivity contribution in [3.8, 4) is 0 Å². The van der Waals surface area contributed by atoms with Crippen LogP contribution in [-0.2, 0) is 14.8 Å². The predicted molar refractivity (Wildman–Crippen MR) is 152 cm³/mol.